The summed E-state index contributed by atoms with van der Waals surface area (Å²) in [5.74, 6) is -2.80. The second-order valence-corrected chi connectivity index (χ2v) is 6.92. The molecule has 0 radical (unpaired) electrons. The van der Waals surface area contributed by atoms with Crippen LogP contribution in [0.3, 0.4) is 0 Å². The summed E-state index contributed by atoms with van der Waals surface area (Å²) in [7, 11) is 1.99. The van der Waals surface area contributed by atoms with Crippen molar-refractivity contribution in [2.75, 3.05) is 38.5 Å². The Bertz CT molecular complexity index is 1090. The Labute approximate surface area is 165 Å². The standard InChI is InChI=1S/C20H19F2N5O2/c1-25-8-10-26(11-9-25)20(29)18-24-17(16-4-2-3-7-27(16)18)19(28)23-13-5-6-14(21)15(22)12-13/h2-7,12H,8-11H2,1H3,(H,23,28). The van der Waals surface area contributed by atoms with Gasteiger partial charge in [0.15, 0.2) is 17.3 Å². The SMILES string of the molecule is CN1CCN(C(=O)c2nc(C(=O)Nc3ccc(F)c(F)c3)c3ccccn23)CC1. The summed E-state index contributed by atoms with van der Waals surface area (Å²) in [6, 6.07) is 8.22. The summed E-state index contributed by atoms with van der Waals surface area (Å²) in [5, 5.41) is 2.50. The number of carbonyl (C=O) groups excluding carboxylic acids is 2. The highest BCUT2D eigenvalue weighted by Gasteiger charge is 2.27. The molecule has 150 valence electrons. The van der Waals surface area contributed by atoms with E-state index in [1.807, 2.05) is 7.05 Å². The molecule has 1 aliphatic rings. The molecule has 1 aromatic carbocycles. The van der Waals surface area contributed by atoms with E-state index in [1.54, 1.807) is 33.7 Å². The number of fused-ring (bicyclic) bond motifs is 1. The lowest BCUT2D eigenvalue weighted by atomic mass is 10.2. The number of nitrogens with zero attached hydrogens (tertiary/aromatic N) is 4. The Kier molecular flexibility index (Phi) is 4.98. The van der Waals surface area contributed by atoms with Gasteiger partial charge in [-0.2, -0.15) is 0 Å². The van der Waals surface area contributed by atoms with E-state index < -0.39 is 17.5 Å². The largest absolute Gasteiger partial charge is 0.333 e. The Hall–Kier alpha value is -3.33. The molecule has 0 spiro atoms. The number of piperazine rings is 1. The van der Waals surface area contributed by atoms with Gasteiger partial charge in [0, 0.05) is 44.1 Å². The fourth-order valence-corrected chi connectivity index (χ4v) is 3.27. The monoisotopic (exact) mass is 399 g/mol. The van der Waals surface area contributed by atoms with Crippen molar-refractivity contribution in [3.8, 4) is 0 Å². The number of carbonyl (C=O) groups is 2. The number of hydrogen-bond acceptors (Lipinski definition) is 4. The van der Waals surface area contributed by atoms with Gasteiger partial charge in [-0.1, -0.05) is 6.07 Å². The number of hydrogen-bond donors (Lipinski definition) is 1. The fourth-order valence-electron chi connectivity index (χ4n) is 3.27. The van der Waals surface area contributed by atoms with E-state index in [9.17, 15) is 18.4 Å². The number of aromatic nitrogens is 2. The summed E-state index contributed by atoms with van der Waals surface area (Å²) in [6.45, 7) is 2.68. The molecule has 9 heteroatoms. The minimum absolute atomic E-state index is 0.0350. The molecule has 2 aromatic heterocycles. The lowest BCUT2D eigenvalue weighted by Gasteiger charge is -2.31. The molecule has 1 saturated heterocycles. The van der Waals surface area contributed by atoms with E-state index in [4.69, 9.17) is 0 Å². The number of benzene rings is 1. The van der Waals surface area contributed by atoms with Crippen molar-refractivity contribution in [2.45, 2.75) is 0 Å². The average molecular weight is 399 g/mol. The van der Waals surface area contributed by atoms with Crippen LogP contribution in [0.4, 0.5) is 14.5 Å². The number of anilines is 1. The van der Waals surface area contributed by atoms with Crippen molar-refractivity contribution in [1.29, 1.82) is 0 Å². The zero-order valence-corrected chi connectivity index (χ0v) is 15.7. The van der Waals surface area contributed by atoms with Crippen molar-refractivity contribution in [2.24, 2.45) is 0 Å². The molecule has 0 unspecified atom stereocenters. The lowest BCUT2D eigenvalue weighted by Crippen LogP contribution is -2.47. The molecule has 0 bridgehead atoms. The van der Waals surface area contributed by atoms with E-state index in [0.29, 0.717) is 18.6 Å². The molecule has 29 heavy (non-hydrogen) atoms. The number of rotatable bonds is 3. The molecular formula is C20H19F2N5O2. The highest BCUT2D eigenvalue weighted by Crippen LogP contribution is 2.19. The van der Waals surface area contributed by atoms with Crippen molar-refractivity contribution >= 4 is 23.0 Å². The van der Waals surface area contributed by atoms with Gasteiger partial charge in [0.1, 0.15) is 0 Å². The van der Waals surface area contributed by atoms with Gasteiger partial charge in [0.25, 0.3) is 11.8 Å². The first-order chi connectivity index (χ1) is 13.9. The molecular weight excluding hydrogens is 380 g/mol. The van der Waals surface area contributed by atoms with E-state index in [2.05, 4.69) is 15.2 Å². The highest BCUT2D eigenvalue weighted by atomic mass is 19.2. The third-order valence-electron chi connectivity index (χ3n) is 4.92. The number of nitrogens with one attached hydrogen (secondary N) is 1. The molecule has 0 aliphatic carbocycles. The van der Waals surface area contributed by atoms with Gasteiger partial charge in [0.05, 0.1) is 5.52 Å². The van der Waals surface area contributed by atoms with Gasteiger partial charge in [-0.25, -0.2) is 13.8 Å². The van der Waals surface area contributed by atoms with Crippen LogP contribution < -0.4 is 5.32 Å². The highest BCUT2D eigenvalue weighted by molar-refractivity contribution is 6.08. The molecule has 1 aliphatic heterocycles. The van der Waals surface area contributed by atoms with Gasteiger partial charge < -0.3 is 15.1 Å². The number of pyridine rings is 1. The Balaban J connectivity index is 1.65. The lowest BCUT2D eigenvalue weighted by molar-refractivity contribution is 0.0651. The van der Waals surface area contributed by atoms with Crippen LogP contribution in [0.1, 0.15) is 21.1 Å². The first-order valence-electron chi connectivity index (χ1n) is 9.15. The number of likely N-dealkylation sites (N-methyl/N-ethyl adjacent to an activating group) is 1. The third kappa shape index (κ3) is 3.68. The van der Waals surface area contributed by atoms with Crippen LogP contribution in [0.25, 0.3) is 5.52 Å². The quantitative estimate of drug-likeness (QED) is 0.734. The number of imidazole rings is 1. The predicted octanol–water partition coefficient (Wildman–Crippen LogP) is 2.25. The first-order valence-corrected chi connectivity index (χ1v) is 9.15. The predicted molar refractivity (Wildman–Crippen MR) is 103 cm³/mol. The summed E-state index contributed by atoms with van der Waals surface area (Å²) >= 11 is 0. The smallest absolute Gasteiger partial charge is 0.290 e. The summed E-state index contributed by atoms with van der Waals surface area (Å²) < 4.78 is 28.1. The van der Waals surface area contributed by atoms with Crippen molar-refractivity contribution in [3.63, 3.8) is 0 Å². The van der Waals surface area contributed by atoms with Crippen molar-refractivity contribution in [3.05, 3.63) is 65.7 Å². The topological polar surface area (TPSA) is 69.9 Å². The van der Waals surface area contributed by atoms with E-state index >= 15 is 0 Å². The van der Waals surface area contributed by atoms with Crippen LogP contribution >= 0.6 is 0 Å². The van der Waals surface area contributed by atoms with Crippen LogP contribution in [0.5, 0.6) is 0 Å². The van der Waals surface area contributed by atoms with Gasteiger partial charge in [0.2, 0.25) is 5.82 Å². The van der Waals surface area contributed by atoms with Crippen molar-refractivity contribution in [1.82, 2.24) is 19.2 Å². The Morgan fingerprint density at radius 2 is 1.79 bits per heavy atom. The summed E-state index contributed by atoms with van der Waals surface area (Å²) in [5.41, 5.74) is 0.579. The molecule has 4 rings (SSSR count). The van der Waals surface area contributed by atoms with Crippen LogP contribution in [0.2, 0.25) is 0 Å². The minimum Gasteiger partial charge on any atom is -0.333 e. The fraction of sp³-hybridized carbons (Fsp3) is 0.250. The van der Waals surface area contributed by atoms with Crippen LogP contribution in [-0.4, -0.2) is 64.2 Å². The zero-order chi connectivity index (χ0) is 20.5. The van der Waals surface area contributed by atoms with Gasteiger partial charge >= 0.3 is 0 Å². The third-order valence-corrected chi connectivity index (χ3v) is 4.92. The maximum absolute atomic E-state index is 13.4. The second kappa shape index (κ2) is 7.59. The summed E-state index contributed by atoms with van der Waals surface area (Å²) in [4.78, 5) is 33.9. The number of amides is 2. The van der Waals surface area contributed by atoms with E-state index in [1.165, 1.54) is 6.07 Å². The molecule has 3 aromatic rings. The van der Waals surface area contributed by atoms with Crippen LogP contribution in [0, 0.1) is 11.6 Å². The Morgan fingerprint density at radius 3 is 2.52 bits per heavy atom. The van der Waals surface area contributed by atoms with Crippen LogP contribution in [0.15, 0.2) is 42.6 Å². The normalized spacial score (nSPS) is 14.9. The first kappa shape index (κ1) is 19.0. The summed E-state index contributed by atoms with van der Waals surface area (Å²) in [6.07, 6.45) is 1.67. The molecule has 3 heterocycles. The second-order valence-electron chi connectivity index (χ2n) is 6.92. The molecule has 2 amide bonds. The van der Waals surface area contributed by atoms with Crippen molar-refractivity contribution < 1.29 is 18.4 Å². The molecule has 1 fully saturated rings. The van der Waals surface area contributed by atoms with Gasteiger partial charge in [-0.15, -0.1) is 0 Å². The maximum atomic E-state index is 13.4. The average Bonchev–Trinajstić information content (AvgIpc) is 3.11. The van der Waals surface area contributed by atoms with Gasteiger partial charge in [-0.3, -0.25) is 14.0 Å². The number of halogens is 2. The van der Waals surface area contributed by atoms with Gasteiger partial charge in [-0.05, 0) is 31.3 Å². The molecule has 0 saturated carbocycles. The molecule has 7 nitrogen and oxygen atoms in total. The van der Waals surface area contributed by atoms with Crippen LogP contribution in [-0.2, 0) is 0 Å². The van der Waals surface area contributed by atoms with E-state index in [-0.39, 0.29) is 23.1 Å². The Morgan fingerprint density at radius 1 is 1.03 bits per heavy atom. The maximum Gasteiger partial charge on any atom is 0.290 e. The van der Waals surface area contributed by atoms with E-state index in [0.717, 1.165) is 25.2 Å². The minimum atomic E-state index is -1.07. The molecule has 0 atom stereocenters. The zero-order valence-electron chi connectivity index (χ0n) is 15.7. The molecule has 1 N–H and O–H groups in total.